The topological polar surface area (TPSA) is 20.2 Å². The van der Waals surface area contributed by atoms with Gasteiger partial charge in [-0.3, -0.25) is 0 Å². The van der Waals surface area contributed by atoms with E-state index in [-0.39, 0.29) is 5.56 Å². The van der Waals surface area contributed by atoms with Crippen molar-refractivity contribution >= 4 is 11.6 Å². The highest BCUT2D eigenvalue weighted by Gasteiger charge is 2.39. The third-order valence-corrected chi connectivity index (χ3v) is 2.26. The second-order valence-corrected chi connectivity index (χ2v) is 3.90. The van der Waals surface area contributed by atoms with Gasteiger partial charge in [0.2, 0.25) is 0 Å². The normalized spacial score (nSPS) is 13.6. The van der Waals surface area contributed by atoms with E-state index in [4.69, 9.17) is 16.7 Å². The van der Waals surface area contributed by atoms with Crippen molar-refractivity contribution in [1.82, 2.24) is 0 Å². The summed E-state index contributed by atoms with van der Waals surface area (Å²) in [5, 5.41) is 8.59. The molecule has 1 aromatic rings. The number of aliphatic hydroxyl groups is 1. The molecule has 0 aromatic heterocycles. The van der Waals surface area contributed by atoms with Crippen LogP contribution in [-0.4, -0.2) is 17.1 Å². The molecular weight excluding hydrogens is 241 g/mol. The first-order valence-corrected chi connectivity index (χ1v) is 4.85. The number of benzene rings is 1. The van der Waals surface area contributed by atoms with Gasteiger partial charge in [0.05, 0.1) is 0 Å². The molecule has 88 valence electrons. The van der Waals surface area contributed by atoms with Crippen molar-refractivity contribution < 1.29 is 18.3 Å². The maximum absolute atomic E-state index is 13.4. The Morgan fingerprint density at radius 2 is 1.88 bits per heavy atom. The first-order chi connectivity index (χ1) is 7.33. The molecule has 0 spiro atoms. The molecule has 1 nitrogen and oxygen atoms in total. The fourth-order valence-corrected chi connectivity index (χ4v) is 1.36. The Balaban J connectivity index is 2.79. The van der Waals surface area contributed by atoms with E-state index in [0.717, 1.165) is 12.1 Å². The molecule has 0 saturated carbocycles. The molecule has 1 atom stereocenters. The summed E-state index contributed by atoms with van der Waals surface area (Å²) in [6.07, 6.45) is -2.83. The molecule has 0 fully saturated rings. The third-order valence-electron chi connectivity index (χ3n) is 2.05. The molecule has 0 aliphatic heterocycles. The van der Waals surface area contributed by atoms with Crippen molar-refractivity contribution in [2.24, 2.45) is 0 Å². The Bertz CT molecular complexity index is 375. The molecule has 0 aliphatic carbocycles. The van der Waals surface area contributed by atoms with Gasteiger partial charge < -0.3 is 5.11 Å². The van der Waals surface area contributed by atoms with Gasteiger partial charge in [-0.1, -0.05) is 30.3 Å². The number of hydrogen-bond donors (Lipinski definition) is 1. The second kappa shape index (κ2) is 4.89. The predicted molar refractivity (Wildman–Crippen MR) is 56.1 cm³/mol. The van der Waals surface area contributed by atoms with E-state index < -0.39 is 29.3 Å². The molecule has 0 radical (unpaired) electrons. The van der Waals surface area contributed by atoms with Gasteiger partial charge in [0.15, 0.2) is 6.10 Å². The molecule has 1 N–H and O–H groups in total. The predicted octanol–water partition coefficient (Wildman–Crippen LogP) is 3.12. The van der Waals surface area contributed by atoms with Crippen molar-refractivity contribution in [3.63, 3.8) is 0 Å². The lowest BCUT2D eigenvalue weighted by atomic mass is 10.0. The molecule has 0 bridgehead atoms. The summed E-state index contributed by atoms with van der Waals surface area (Å²) in [4.78, 5) is 0. The first-order valence-electron chi connectivity index (χ1n) is 4.47. The van der Waals surface area contributed by atoms with Crippen LogP contribution >= 0.6 is 11.6 Å². The summed E-state index contributed by atoms with van der Waals surface area (Å²) in [6, 6.07) is 4.61. The minimum absolute atomic E-state index is 0.211. The smallest absolute Gasteiger partial charge is 0.282 e. The van der Waals surface area contributed by atoms with Crippen LogP contribution in [0.5, 0.6) is 0 Å². The Hall–Kier alpha value is -1.00. The lowest BCUT2D eigenvalue weighted by molar-refractivity contribution is -0.0870. The summed E-state index contributed by atoms with van der Waals surface area (Å²) in [5.74, 6) is -3.93. The summed E-state index contributed by atoms with van der Waals surface area (Å²) >= 11 is 5.22. The van der Waals surface area contributed by atoms with Gasteiger partial charge in [-0.2, -0.15) is 0 Å². The van der Waals surface area contributed by atoms with Crippen LogP contribution in [-0.2, 0) is 6.42 Å². The van der Waals surface area contributed by atoms with Crippen molar-refractivity contribution in [2.75, 3.05) is 0 Å². The van der Waals surface area contributed by atoms with E-state index in [0.29, 0.717) is 0 Å². The van der Waals surface area contributed by atoms with Crippen LogP contribution < -0.4 is 0 Å². The average molecular weight is 251 g/mol. The molecule has 0 saturated heterocycles. The first kappa shape index (κ1) is 13.1. The molecule has 0 amide bonds. The van der Waals surface area contributed by atoms with Gasteiger partial charge in [-0.05, 0) is 17.7 Å². The minimum Gasteiger partial charge on any atom is -0.381 e. The molecule has 1 unspecified atom stereocenters. The Morgan fingerprint density at radius 3 is 2.31 bits per heavy atom. The fourth-order valence-electron chi connectivity index (χ4n) is 1.20. The molecule has 1 rings (SSSR count). The van der Waals surface area contributed by atoms with E-state index in [1.165, 1.54) is 12.1 Å². The second-order valence-electron chi connectivity index (χ2n) is 3.41. The standard InChI is InChI=1S/C11H10ClF3O/c1-7(12)10(16)11(14,15)6-8-2-4-9(13)5-3-8/h2-5,10,16H,1,6H2. The quantitative estimate of drug-likeness (QED) is 0.871. The van der Waals surface area contributed by atoms with Crippen LogP contribution in [0.25, 0.3) is 0 Å². The molecular formula is C11H10ClF3O. The lowest BCUT2D eigenvalue weighted by Gasteiger charge is -2.21. The lowest BCUT2D eigenvalue weighted by Crippen LogP contribution is -2.35. The highest BCUT2D eigenvalue weighted by atomic mass is 35.5. The SMILES string of the molecule is C=C(Cl)C(O)C(F)(F)Cc1ccc(F)cc1. The molecule has 1 aromatic carbocycles. The number of hydrogen-bond acceptors (Lipinski definition) is 1. The summed E-state index contributed by atoms with van der Waals surface area (Å²) in [7, 11) is 0. The molecule has 0 aliphatic rings. The zero-order chi connectivity index (χ0) is 12.3. The van der Waals surface area contributed by atoms with Crippen LogP contribution in [0.3, 0.4) is 0 Å². The number of halogens is 4. The monoisotopic (exact) mass is 250 g/mol. The zero-order valence-corrected chi connectivity index (χ0v) is 9.02. The van der Waals surface area contributed by atoms with E-state index in [9.17, 15) is 13.2 Å². The number of aliphatic hydroxyl groups excluding tert-OH is 1. The molecule has 5 heteroatoms. The highest BCUT2D eigenvalue weighted by Crippen LogP contribution is 2.29. The fraction of sp³-hybridized carbons (Fsp3) is 0.273. The van der Waals surface area contributed by atoms with Crippen LogP contribution in [0.4, 0.5) is 13.2 Å². The van der Waals surface area contributed by atoms with Crippen molar-refractivity contribution in [2.45, 2.75) is 18.4 Å². The maximum Gasteiger partial charge on any atom is 0.282 e. The van der Waals surface area contributed by atoms with E-state index >= 15 is 0 Å². The van der Waals surface area contributed by atoms with Gasteiger partial charge in [-0.25, -0.2) is 13.2 Å². The van der Waals surface area contributed by atoms with Crippen molar-refractivity contribution in [3.05, 3.63) is 47.3 Å². The summed E-state index contributed by atoms with van der Waals surface area (Å²) in [5.41, 5.74) is 0.211. The highest BCUT2D eigenvalue weighted by molar-refractivity contribution is 6.29. The molecule has 0 heterocycles. The zero-order valence-electron chi connectivity index (χ0n) is 8.26. The summed E-state index contributed by atoms with van der Waals surface area (Å²) < 4.78 is 39.3. The summed E-state index contributed by atoms with van der Waals surface area (Å²) in [6.45, 7) is 3.05. The number of alkyl halides is 2. The van der Waals surface area contributed by atoms with E-state index in [1.54, 1.807) is 0 Å². The Kier molecular flexibility index (Phi) is 3.99. The van der Waals surface area contributed by atoms with Crippen LogP contribution in [0.1, 0.15) is 5.56 Å². The number of rotatable bonds is 4. The van der Waals surface area contributed by atoms with Crippen LogP contribution in [0, 0.1) is 5.82 Å². The van der Waals surface area contributed by atoms with Crippen molar-refractivity contribution in [3.8, 4) is 0 Å². The minimum atomic E-state index is -3.42. The van der Waals surface area contributed by atoms with Gasteiger partial charge in [-0.15, -0.1) is 0 Å². The van der Waals surface area contributed by atoms with Gasteiger partial charge in [0.25, 0.3) is 5.92 Å². The maximum atomic E-state index is 13.4. The van der Waals surface area contributed by atoms with Gasteiger partial charge in [0.1, 0.15) is 5.82 Å². The largest absolute Gasteiger partial charge is 0.381 e. The Morgan fingerprint density at radius 1 is 1.38 bits per heavy atom. The van der Waals surface area contributed by atoms with E-state index in [1.807, 2.05) is 0 Å². The van der Waals surface area contributed by atoms with Crippen LogP contribution in [0.2, 0.25) is 0 Å². The average Bonchev–Trinajstić information content (AvgIpc) is 2.20. The Labute approximate surface area is 96.2 Å². The third kappa shape index (κ3) is 3.25. The molecule has 16 heavy (non-hydrogen) atoms. The van der Waals surface area contributed by atoms with Crippen molar-refractivity contribution in [1.29, 1.82) is 0 Å². The van der Waals surface area contributed by atoms with E-state index in [2.05, 4.69) is 6.58 Å². The van der Waals surface area contributed by atoms with Gasteiger partial charge >= 0.3 is 0 Å². The van der Waals surface area contributed by atoms with Gasteiger partial charge in [0, 0.05) is 11.5 Å². The van der Waals surface area contributed by atoms with Crippen LogP contribution in [0.15, 0.2) is 35.9 Å².